The lowest BCUT2D eigenvalue weighted by molar-refractivity contribution is 0.134. The van der Waals surface area contributed by atoms with Gasteiger partial charge < -0.3 is 5.73 Å². The van der Waals surface area contributed by atoms with Crippen LogP contribution in [0.2, 0.25) is 0 Å². The number of nitrogens with zero attached hydrogens (tertiary/aromatic N) is 1. The van der Waals surface area contributed by atoms with Crippen LogP contribution in [0.25, 0.3) is 0 Å². The summed E-state index contributed by atoms with van der Waals surface area (Å²) in [6.07, 6.45) is 4.82. The van der Waals surface area contributed by atoms with E-state index in [2.05, 4.69) is 4.90 Å². The highest BCUT2D eigenvalue weighted by molar-refractivity contribution is 5.23. The van der Waals surface area contributed by atoms with Gasteiger partial charge >= 0.3 is 0 Å². The quantitative estimate of drug-likeness (QED) is 0.890. The summed E-state index contributed by atoms with van der Waals surface area (Å²) in [4.78, 5) is 2.46. The highest BCUT2D eigenvalue weighted by Crippen LogP contribution is 2.22. The molecule has 2 rings (SSSR count). The molecule has 0 saturated carbocycles. The predicted molar refractivity (Wildman–Crippen MR) is 72.9 cm³/mol. The molecule has 0 aliphatic carbocycles. The lowest BCUT2D eigenvalue weighted by atomic mass is 9.98. The third-order valence-corrected chi connectivity index (χ3v) is 3.87. The molecular weight excluding hydrogens is 227 g/mol. The molecule has 2 N–H and O–H groups in total. The van der Waals surface area contributed by atoms with Crippen molar-refractivity contribution >= 4 is 0 Å². The Hall–Kier alpha value is -0.930. The number of piperidine rings is 1. The summed E-state index contributed by atoms with van der Waals surface area (Å²) in [7, 11) is 0. The SMILES string of the molecule is Cc1ccc(CN2CCCCC2CCN)cc1F. The average Bonchev–Trinajstić information content (AvgIpc) is 2.37. The first-order chi connectivity index (χ1) is 8.70. The first-order valence-electron chi connectivity index (χ1n) is 6.90. The van der Waals surface area contributed by atoms with Crippen LogP contribution in [0.4, 0.5) is 4.39 Å². The average molecular weight is 250 g/mol. The molecule has 1 fully saturated rings. The summed E-state index contributed by atoms with van der Waals surface area (Å²) in [5.74, 6) is -0.0973. The Labute approximate surface area is 109 Å². The van der Waals surface area contributed by atoms with Crippen LogP contribution in [0, 0.1) is 12.7 Å². The molecule has 1 saturated heterocycles. The van der Waals surface area contributed by atoms with E-state index < -0.39 is 0 Å². The summed E-state index contributed by atoms with van der Waals surface area (Å²) in [6.45, 7) is 4.50. The smallest absolute Gasteiger partial charge is 0.126 e. The van der Waals surface area contributed by atoms with E-state index in [1.165, 1.54) is 19.3 Å². The van der Waals surface area contributed by atoms with Crippen molar-refractivity contribution in [2.45, 2.75) is 45.2 Å². The number of aryl methyl sites for hydroxylation is 1. The van der Waals surface area contributed by atoms with Gasteiger partial charge in [-0.1, -0.05) is 18.6 Å². The van der Waals surface area contributed by atoms with E-state index >= 15 is 0 Å². The second-order valence-corrected chi connectivity index (χ2v) is 5.28. The molecule has 0 bridgehead atoms. The van der Waals surface area contributed by atoms with Crippen LogP contribution in [0.3, 0.4) is 0 Å². The molecule has 1 aliphatic rings. The molecule has 1 atom stereocenters. The van der Waals surface area contributed by atoms with Crippen LogP contribution >= 0.6 is 0 Å². The molecular formula is C15H23FN2. The van der Waals surface area contributed by atoms with Crippen molar-refractivity contribution in [3.8, 4) is 0 Å². The second-order valence-electron chi connectivity index (χ2n) is 5.28. The fraction of sp³-hybridized carbons (Fsp3) is 0.600. The summed E-state index contributed by atoms with van der Waals surface area (Å²) < 4.78 is 13.5. The zero-order valence-electron chi connectivity index (χ0n) is 11.2. The van der Waals surface area contributed by atoms with Crippen molar-refractivity contribution in [2.24, 2.45) is 5.73 Å². The van der Waals surface area contributed by atoms with Gasteiger partial charge in [0.15, 0.2) is 0 Å². The maximum atomic E-state index is 13.5. The van der Waals surface area contributed by atoms with E-state index in [4.69, 9.17) is 5.73 Å². The summed E-state index contributed by atoms with van der Waals surface area (Å²) in [6, 6.07) is 6.15. The van der Waals surface area contributed by atoms with E-state index in [-0.39, 0.29) is 5.82 Å². The molecule has 3 heteroatoms. The van der Waals surface area contributed by atoms with Crippen LogP contribution in [0.15, 0.2) is 18.2 Å². The van der Waals surface area contributed by atoms with Gasteiger partial charge in [-0.25, -0.2) is 4.39 Å². The Morgan fingerprint density at radius 3 is 2.94 bits per heavy atom. The van der Waals surface area contributed by atoms with E-state index in [0.717, 1.165) is 37.2 Å². The minimum Gasteiger partial charge on any atom is -0.330 e. The lowest BCUT2D eigenvalue weighted by Crippen LogP contribution is -2.40. The Kier molecular flexibility index (Phi) is 4.72. The van der Waals surface area contributed by atoms with Crippen molar-refractivity contribution in [3.63, 3.8) is 0 Å². The van der Waals surface area contributed by atoms with Crippen molar-refractivity contribution < 1.29 is 4.39 Å². The molecule has 1 unspecified atom stereocenters. The number of nitrogens with two attached hydrogens (primary N) is 1. The van der Waals surface area contributed by atoms with Gasteiger partial charge in [0.05, 0.1) is 0 Å². The summed E-state index contributed by atoms with van der Waals surface area (Å²) in [5, 5.41) is 0. The Morgan fingerprint density at radius 2 is 2.22 bits per heavy atom. The Bertz CT molecular complexity index is 390. The molecule has 0 radical (unpaired) electrons. The van der Waals surface area contributed by atoms with E-state index in [0.29, 0.717) is 6.04 Å². The number of hydrogen-bond acceptors (Lipinski definition) is 2. The zero-order valence-corrected chi connectivity index (χ0v) is 11.2. The molecule has 0 aromatic heterocycles. The van der Waals surface area contributed by atoms with Crippen LogP contribution in [-0.4, -0.2) is 24.0 Å². The van der Waals surface area contributed by atoms with Crippen molar-refractivity contribution in [3.05, 3.63) is 35.1 Å². The fourth-order valence-electron chi connectivity index (χ4n) is 2.76. The van der Waals surface area contributed by atoms with E-state index in [1.807, 2.05) is 12.1 Å². The Morgan fingerprint density at radius 1 is 1.39 bits per heavy atom. The zero-order chi connectivity index (χ0) is 13.0. The highest BCUT2D eigenvalue weighted by atomic mass is 19.1. The maximum absolute atomic E-state index is 13.5. The van der Waals surface area contributed by atoms with E-state index in [1.54, 1.807) is 13.0 Å². The van der Waals surface area contributed by atoms with Crippen LogP contribution in [0.1, 0.15) is 36.8 Å². The van der Waals surface area contributed by atoms with Gasteiger partial charge in [-0.2, -0.15) is 0 Å². The molecule has 18 heavy (non-hydrogen) atoms. The lowest BCUT2D eigenvalue weighted by Gasteiger charge is -2.35. The minimum absolute atomic E-state index is 0.0973. The number of likely N-dealkylation sites (tertiary alicyclic amines) is 1. The molecule has 1 aromatic carbocycles. The number of halogens is 1. The molecule has 0 amide bonds. The molecule has 1 aromatic rings. The van der Waals surface area contributed by atoms with Gasteiger partial charge in [0.25, 0.3) is 0 Å². The van der Waals surface area contributed by atoms with Crippen LogP contribution in [-0.2, 0) is 6.54 Å². The monoisotopic (exact) mass is 250 g/mol. The van der Waals surface area contributed by atoms with Gasteiger partial charge in [0.1, 0.15) is 5.82 Å². The maximum Gasteiger partial charge on any atom is 0.126 e. The molecule has 2 nitrogen and oxygen atoms in total. The molecule has 1 aliphatic heterocycles. The third kappa shape index (κ3) is 3.30. The largest absolute Gasteiger partial charge is 0.330 e. The number of hydrogen-bond donors (Lipinski definition) is 1. The van der Waals surface area contributed by atoms with Gasteiger partial charge in [0.2, 0.25) is 0 Å². The first-order valence-corrected chi connectivity index (χ1v) is 6.90. The molecule has 1 heterocycles. The van der Waals surface area contributed by atoms with Crippen LogP contribution < -0.4 is 5.73 Å². The Balaban J connectivity index is 2.03. The number of rotatable bonds is 4. The topological polar surface area (TPSA) is 29.3 Å². The molecule has 100 valence electrons. The van der Waals surface area contributed by atoms with Gasteiger partial charge in [-0.15, -0.1) is 0 Å². The van der Waals surface area contributed by atoms with Gasteiger partial charge in [0, 0.05) is 12.6 Å². The summed E-state index contributed by atoms with van der Waals surface area (Å²) in [5.41, 5.74) is 7.46. The van der Waals surface area contributed by atoms with Crippen LogP contribution in [0.5, 0.6) is 0 Å². The van der Waals surface area contributed by atoms with E-state index in [9.17, 15) is 4.39 Å². The van der Waals surface area contributed by atoms with Crippen molar-refractivity contribution in [2.75, 3.05) is 13.1 Å². The highest BCUT2D eigenvalue weighted by Gasteiger charge is 2.21. The predicted octanol–water partition coefficient (Wildman–Crippen LogP) is 2.84. The summed E-state index contributed by atoms with van der Waals surface area (Å²) >= 11 is 0. The standard InChI is InChI=1S/C15H23FN2/c1-12-5-6-13(10-15(12)16)11-18-9-3-2-4-14(18)7-8-17/h5-6,10,14H,2-4,7-9,11,17H2,1H3. The van der Waals surface area contributed by atoms with Gasteiger partial charge in [-0.3, -0.25) is 4.90 Å². The third-order valence-electron chi connectivity index (χ3n) is 3.87. The normalized spacial score (nSPS) is 21.2. The fourth-order valence-corrected chi connectivity index (χ4v) is 2.76. The van der Waals surface area contributed by atoms with Gasteiger partial charge in [-0.05, 0) is 56.5 Å². The minimum atomic E-state index is -0.0973. The number of benzene rings is 1. The van der Waals surface area contributed by atoms with Crippen molar-refractivity contribution in [1.82, 2.24) is 4.90 Å². The second kappa shape index (κ2) is 6.30. The van der Waals surface area contributed by atoms with Crippen molar-refractivity contribution in [1.29, 1.82) is 0 Å². The first kappa shape index (κ1) is 13.5. The molecule has 0 spiro atoms.